The van der Waals surface area contributed by atoms with E-state index in [1.54, 1.807) is 0 Å². The molecular formula is C14H19N. The number of benzene rings is 1. The zero-order chi connectivity index (χ0) is 10.5. The van der Waals surface area contributed by atoms with Crippen LogP contribution < -0.4 is 5.32 Å². The van der Waals surface area contributed by atoms with Crippen LogP contribution in [0, 0.1) is 0 Å². The maximum Gasteiger partial charge on any atom is 0.0138 e. The largest absolute Gasteiger partial charge is 0.314 e. The highest BCUT2D eigenvalue weighted by Gasteiger charge is 2.22. The smallest absolute Gasteiger partial charge is 0.0138 e. The molecule has 1 aromatic carbocycles. The van der Waals surface area contributed by atoms with Crippen molar-refractivity contribution in [3.8, 4) is 0 Å². The number of rotatable bonds is 5. The lowest BCUT2D eigenvalue weighted by molar-refractivity contribution is 0.801. The first-order valence-electron chi connectivity index (χ1n) is 5.87. The molecule has 0 saturated heterocycles. The zero-order valence-corrected chi connectivity index (χ0v) is 9.37. The quantitative estimate of drug-likeness (QED) is 0.721. The van der Waals surface area contributed by atoms with Crippen LogP contribution in [-0.2, 0) is 0 Å². The highest BCUT2D eigenvalue weighted by molar-refractivity contribution is 5.51. The Hall–Kier alpha value is -1.08. The molecule has 1 aliphatic rings. The Labute approximate surface area is 92.2 Å². The Morgan fingerprint density at radius 1 is 1.40 bits per heavy atom. The zero-order valence-electron chi connectivity index (χ0n) is 9.37. The van der Waals surface area contributed by atoms with Gasteiger partial charge >= 0.3 is 0 Å². The summed E-state index contributed by atoms with van der Waals surface area (Å²) in [5.41, 5.74) is 2.85. The van der Waals surface area contributed by atoms with Crippen LogP contribution in [0.2, 0.25) is 0 Å². The van der Waals surface area contributed by atoms with Crippen molar-refractivity contribution in [3.63, 3.8) is 0 Å². The van der Waals surface area contributed by atoms with Gasteiger partial charge in [0.15, 0.2) is 0 Å². The van der Waals surface area contributed by atoms with E-state index in [2.05, 4.69) is 48.7 Å². The number of hydrogen-bond acceptors (Lipinski definition) is 1. The van der Waals surface area contributed by atoms with Gasteiger partial charge in [-0.1, -0.05) is 43.3 Å². The van der Waals surface area contributed by atoms with Crippen LogP contribution in [0.25, 0.3) is 6.08 Å². The molecule has 2 rings (SSSR count). The first-order valence-corrected chi connectivity index (χ1v) is 5.87. The maximum absolute atomic E-state index is 3.28. The van der Waals surface area contributed by atoms with Crippen molar-refractivity contribution in [2.45, 2.75) is 25.7 Å². The molecule has 80 valence electrons. The van der Waals surface area contributed by atoms with E-state index in [1.807, 2.05) is 0 Å². The molecule has 0 atom stereocenters. The first kappa shape index (κ1) is 10.4. The fraction of sp³-hybridized carbons (Fsp3) is 0.429. The molecule has 15 heavy (non-hydrogen) atoms. The van der Waals surface area contributed by atoms with E-state index in [-0.39, 0.29) is 0 Å². The molecule has 0 aromatic heterocycles. The summed E-state index contributed by atoms with van der Waals surface area (Å²) in [7, 11) is 0. The van der Waals surface area contributed by atoms with Crippen LogP contribution in [0.15, 0.2) is 30.3 Å². The third kappa shape index (κ3) is 3.21. The number of hydrogen-bond donors (Lipinski definition) is 1. The Morgan fingerprint density at radius 3 is 3.00 bits per heavy atom. The molecule has 1 saturated carbocycles. The average Bonchev–Trinajstić information content (AvgIpc) is 3.09. The monoisotopic (exact) mass is 201 g/mol. The predicted molar refractivity (Wildman–Crippen MR) is 66.0 cm³/mol. The van der Waals surface area contributed by atoms with E-state index in [4.69, 9.17) is 0 Å². The van der Waals surface area contributed by atoms with E-state index < -0.39 is 0 Å². The molecule has 1 heteroatoms. The standard InChI is InChI=1S/C14H19N/c1-2-15-10-4-6-12-5-3-7-14(11-12)13-8-9-13/h3-7,11,13,15H,2,8-10H2,1H3. The molecule has 1 N–H and O–H groups in total. The van der Waals surface area contributed by atoms with Crippen LogP contribution in [0.1, 0.15) is 36.8 Å². The predicted octanol–water partition coefficient (Wildman–Crippen LogP) is 3.19. The molecule has 0 aliphatic heterocycles. The molecule has 0 radical (unpaired) electrons. The van der Waals surface area contributed by atoms with Crippen molar-refractivity contribution in [2.75, 3.05) is 13.1 Å². The van der Waals surface area contributed by atoms with Crippen molar-refractivity contribution in [1.82, 2.24) is 5.32 Å². The second-order valence-electron chi connectivity index (χ2n) is 4.15. The van der Waals surface area contributed by atoms with E-state index >= 15 is 0 Å². The van der Waals surface area contributed by atoms with Crippen molar-refractivity contribution < 1.29 is 0 Å². The lowest BCUT2D eigenvalue weighted by atomic mass is 10.1. The summed E-state index contributed by atoms with van der Waals surface area (Å²) >= 11 is 0. The van der Waals surface area contributed by atoms with E-state index in [1.165, 1.54) is 24.0 Å². The summed E-state index contributed by atoms with van der Waals surface area (Å²) in [4.78, 5) is 0. The summed E-state index contributed by atoms with van der Waals surface area (Å²) in [5, 5.41) is 3.28. The van der Waals surface area contributed by atoms with Crippen molar-refractivity contribution in [3.05, 3.63) is 41.5 Å². The van der Waals surface area contributed by atoms with Crippen LogP contribution in [0.4, 0.5) is 0 Å². The fourth-order valence-electron chi connectivity index (χ4n) is 1.76. The molecule has 0 amide bonds. The molecular weight excluding hydrogens is 182 g/mol. The van der Waals surface area contributed by atoms with Gasteiger partial charge in [-0.2, -0.15) is 0 Å². The van der Waals surface area contributed by atoms with Gasteiger partial charge in [0.05, 0.1) is 0 Å². The molecule has 1 aromatic rings. The molecule has 0 bridgehead atoms. The Morgan fingerprint density at radius 2 is 2.27 bits per heavy atom. The minimum atomic E-state index is 0.854. The van der Waals surface area contributed by atoms with E-state index in [9.17, 15) is 0 Å². The molecule has 1 nitrogen and oxygen atoms in total. The number of likely N-dealkylation sites (N-methyl/N-ethyl adjacent to an activating group) is 1. The molecule has 0 spiro atoms. The second-order valence-corrected chi connectivity index (χ2v) is 4.15. The topological polar surface area (TPSA) is 12.0 Å². The fourth-order valence-corrected chi connectivity index (χ4v) is 1.76. The van der Waals surface area contributed by atoms with Crippen LogP contribution >= 0.6 is 0 Å². The van der Waals surface area contributed by atoms with Crippen molar-refractivity contribution in [1.29, 1.82) is 0 Å². The van der Waals surface area contributed by atoms with Gasteiger partial charge in [-0.05, 0) is 36.4 Å². The highest BCUT2D eigenvalue weighted by Crippen LogP contribution is 2.40. The van der Waals surface area contributed by atoms with Gasteiger partial charge in [0.2, 0.25) is 0 Å². The van der Waals surface area contributed by atoms with E-state index in [0.29, 0.717) is 0 Å². The highest BCUT2D eigenvalue weighted by atomic mass is 14.8. The third-order valence-corrected chi connectivity index (χ3v) is 2.78. The third-order valence-electron chi connectivity index (χ3n) is 2.78. The van der Waals surface area contributed by atoms with Crippen molar-refractivity contribution >= 4 is 6.08 Å². The van der Waals surface area contributed by atoms with Gasteiger partial charge in [0.25, 0.3) is 0 Å². The second kappa shape index (κ2) is 5.13. The van der Waals surface area contributed by atoms with Crippen LogP contribution in [0.3, 0.4) is 0 Å². The summed E-state index contributed by atoms with van der Waals surface area (Å²) < 4.78 is 0. The minimum Gasteiger partial charge on any atom is -0.314 e. The van der Waals surface area contributed by atoms with E-state index in [0.717, 1.165) is 19.0 Å². The molecule has 1 fully saturated rings. The Balaban J connectivity index is 1.95. The first-order chi connectivity index (χ1) is 7.40. The summed E-state index contributed by atoms with van der Waals surface area (Å²) in [6, 6.07) is 8.91. The van der Waals surface area contributed by atoms with Gasteiger partial charge in [0, 0.05) is 6.54 Å². The Bertz CT molecular complexity index is 337. The summed E-state index contributed by atoms with van der Waals surface area (Å²) in [5.74, 6) is 0.854. The SMILES string of the molecule is CCNCC=Cc1cccc(C2CC2)c1. The van der Waals surface area contributed by atoms with Gasteiger partial charge in [-0.25, -0.2) is 0 Å². The van der Waals surface area contributed by atoms with Crippen LogP contribution in [-0.4, -0.2) is 13.1 Å². The summed E-state index contributed by atoms with van der Waals surface area (Å²) in [6.07, 6.45) is 7.15. The lowest BCUT2D eigenvalue weighted by Gasteiger charge is -1.99. The number of nitrogens with one attached hydrogen (secondary N) is 1. The molecule has 1 aliphatic carbocycles. The minimum absolute atomic E-state index is 0.854. The van der Waals surface area contributed by atoms with Gasteiger partial charge in [0.1, 0.15) is 0 Å². The Kier molecular flexibility index (Phi) is 3.57. The maximum atomic E-state index is 3.28. The molecule has 0 unspecified atom stereocenters. The normalized spacial score (nSPS) is 16.1. The lowest BCUT2D eigenvalue weighted by Crippen LogP contribution is -2.11. The van der Waals surface area contributed by atoms with Crippen molar-refractivity contribution in [2.24, 2.45) is 0 Å². The molecule has 0 heterocycles. The van der Waals surface area contributed by atoms with Gasteiger partial charge in [-0.15, -0.1) is 0 Å². The van der Waals surface area contributed by atoms with Gasteiger partial charge < -0.3 is 5.32 Å². The average molecular weight is 201 g/mol. The summed E-state index contributed by atoms with van der Waals surface area (Å²) in [6.45, 7) is 4.12. The van der Waals surface area contributed by atoms with Crippen LogP contribution in [0.5, 0.6) is 0 Å². The van der Waals surface area contributed by atoms with Gasteiger partial charge in [-0.3, -0.25) is 0 Å².